The van der Waals surface area contributed by atoms with E-state index in [0.717, 1.165) is 0 Å². The summed E-state index contributed by atoms with van der Waals surface area (Å²) in [5.41, 5.74) is 0.444. The zero-order chi connectivity index (χ0) is 15.1. The second-order valence-corrected chi connectivity index (χ2v) is 5.02. The molecule has 1 aromatic rings. The third-order valence-corrected chi connectivity index (χ3v) is 2.86. The predicted octanol–water partition coefficient (Wildman–Crippen LogP) is 2.15. The van der Waals surface area contributed by atoms with E-state index in [1.807, 2.05) is 0 Å². The van der Waals surface area contributed by atoms with E-state index in [0.29, 0.717) is 36.9 Å². The number of nitrogens with zero attached hydrogens (tertiary/aromatic N) is 1. The summed E-state index contributed by atoms with van der Waals surface area (Å²) in [5, 5.41) is 9.76. The molecule has 0 heterocycles. The maximum Gasteiger partial charge on any atom is 0.254 e. The van der Waals surface area contributed by atoms with Crippen LogP contribution in [0, 0.1) is 5.92 Å². The molecular weight excluding hydrogens is 258 g/mol. The van der Waals surface area contributed by atoms with Gasteiger partial charge in [0.2, 0.25) is 0 Å². The minimum Gasteiger partial charge on any atom is -0.504 e. The summed E-state index contributed by atoms with van der Waals surface area (Å²) >= 11 is 0. The molecule has 0 saturated heterocycles. The number of phenols is 1. The summed E-state index contributed by atoms with van der Waals surface area (Å²) in [6.45, 7) is 5.77. The molecule has 1 aromatic carbocycles. The van der Waals surface area contributed by atoms with E-state index in [4.69, 9.17) is 9.47 Å². The first-order valence-corrected chi connectivity index (χ1v) is 6.64. The van der Waals surface area contributed by atoms with Crippen molar-refractivity contribution in [3.05, 3.63) is 23.8 Å². The maximum atomic E-state index is 12.5. The molecule has 0 aromatic heterocycles. The number of carbonyl (C=O) groups excluding carboxylic acids is 1. The Hall–Kier alpha value is -1.75. The van der Waals surface area contributed by atoms with Crippen LogP contribution in [0.25, 0.3) is 0 Å². The largest absolute Gasteiger partial charge is 0.504 e. The highest BCUT2D eigenvalue weighted by molar-refractivity contribution is 5.94. The molecule has 0 atom stereocenters. The summed E-state index contributed by atoms with van der Waals surface area (Å²) in [7, 11) is 3.08. The molecule has 112 valence electrons. The Balaban J connectivity index is 2.90. The second-order valence-electron chi connectivity index (χ2n) is 5.02. The average molecular weight is 281 g/mol. The van der Waals surface area contributed by atoms with Gasteiger partial charge >= 0.3 is 0 Å². The quantitative estimate of drug-likeness (QED) is 0.832. The van der Waals surface area contributed by atoms with E-state index >= 15 is 0 Å². The number of rotatable bonds is 7. The second kappa shape index (κ2) is 7.75. The topological polar surface area (TPSA) is 59.0 Å². The lowest BCUT2D eigenvalue weighted by Gasteiger charge is -2.24. The van der Waals surface area contributed by atoms with Crippen molar-refractivity contribution in [2.24, 2.45) is 5.92 Å². The summed E-state index contributed by atoms with van der Waals surface area (Å²) in [6, 6.07) is 4.68. The van der Waals surface area contributed by atoms with E-state index in [1.165, 1.54) is 13.2 Å². The van der Waals surface area contributed by atoms with E-state index in [1.54, 1.807) is 24.1 Å². The number of phenolic OH excluding ortho intramolecular Hbond substituents is 1. The van der Waals surface area contributed by atoms with Crippen molar-refractivity contribution >= 4 is 5.91 Å². The van der Waals surface area contributed by atoms with Gasteiger partial charge in [0.1, 0.15) is 0 Å². The van der Waals surface area contributed by atoms with Crippen molar-refractivity contribution in [2.75, 3.05) is 33.9 Å². The number of ether oxygens (including phenoxy) is 2. The fourth-order valence-corrected chi connectivity index (χ4v) is 1.92. The molecule has 0 unspecified atom stereocenters. The van der Waals surface area contributed by atoms with Gasteiger partial charge in [0, 0.05) is 25.8 Å². The van der Waals surface area contributed by atoms with Crippen LogP contribution in [0.2, 0.25) is 0 Å². The van der Waals surface area contributed by atoms with Gasteiger partial charge in [0.05, 0.1) is 13.7 Å². The van der Waals surface area contributed by atoms with Crippen LogP contribution >= 0.6 is 0 Å². The number of hydrogen-bond acceptors (Lipinski definition) is 4. The highest BCUT2D eigenvalue weighted by Crippen LogP contribution is 2.26. The van der Waals surface area contributed by atoms with Crippen LogP contribution in [0.4, 0.5) is 0 Å². The Morgan fingerprint density at radius 3 is 2.55 bits per heavy atom. The zero-order valence-corrected chi connectivity index (χ0v) is 12.5. The van der Waals surface area contributed by atoms with Gasteiger partial charge in [0.15, 0.2) is 11.5 Å². The van der Waals surface area contributed by atoms with E-state index in [-0.39, 0.29) is 11.7 Å². The van der Waals surface area contributed by atoms with Crippen LogP contribution in [-0.4, -0.2) is 49.8 Å². The van der Waals surface area contributed by atoms with E-state index in [9.17, 15) is 9.90 Å². The van der Waals surface area contributed by atoms with Crippen molar-refractivity contribution < 1.29 is 19.4 Å². The lowest BCUT2D eigenvalue weighted by molar-refractivity contribution is 0.0672. The normalized spacial score (nSPS) is 10.7. The molecular formula is C15H23NO4. The number of hydrogen-bond donors (Lipinski definition) is 1. The maximum absolute atomic E-state index is 12.5. The molecule has 0 aliphatic rings. The highest BCUT2D eigenvalue weighted by atomic mass is 16.5. The van der Waals surface area contributed by atoms with Crippen molar-refractivity contribution in [3.8, 4) is 11.5 Å². The molecule has 20 heavy (non-hydrogen) atoms. The first kappa shape index (κ1) is 16.3. The standard InChI is InChI=1S/C15H23NO4/c1-11(2)10-16(7-8-19-3)15(18)12-5-6-14(20-4)13(17)9-12/h5-6,9,11,17H,7-8,10H2,1-4H3. The first-order chi connectivity index (χ1) is 9.49. The van der Waals surface area contributed by atoms with Gasteiger partial charge in [-0.1, -0.05) is 13.8 Å². The molecule has 0 aliphatic carbocycles. The Bertz CT molecular complexity index is 445. The molecule has 5 heteroatoms. The number of benzene rings is 1. The molecule has 0 aliphatic heterocycles. The van der Waals surface area contributed by atoms with Crippen LogP contribution in [-0.2, 0) is 4.74 Å². The summed E-state index contributed by atoms with van der Waals surface area (Å²) in [6.07, 6.45) is 0. The number of methoxy groups -OCH3 is 2. The first-order valence-electron chi connectivity index (χ1n) is 6.64. The fourth-order valence-electron chi connectivity index (χ4n) is 1.92. The Morgan fingerprint density at radius 2 is 2.05 bits per heavy atom. The minimum atomic E-state index is -0.117. The van der Waals surface area contributed by atoms with Crippen LogP contribution in [0.1, 0.15) is 24.2 Å². The monoisotopic (exact) mass is 281 g/mol. The predicted molar refractivity (Wildman–Crippen MR) is 77.3 cm³/mol. The van der Waals surface area contributed by atoms with Gasteiger partial charge in [-0.2, -0.15) is 0 Å². The Morgan fingerprint density at radius 1 is 1.35 bits per heavy atom. The van der Waals surface area contributed by atoms with Crippen LogP contribution in [0.3, 0.4) is 0 Å². The van der Waals surface area contributed by atoms with Gasteiger partial charge in [-0.25, -0.2) is 0 Å². The van der Waals surface area contributed by atoms with Crippen molar-refractivity contribution in [2.45, 2.75) is 13.8 Å². The Labute approximate surface area is 120 Å². The number of carbonyl (C=O) groups is 1. The Kier molecular flexibility index (Phi) is 6.31. The smallest absolute Gasteiger partial charge is 0.254 e. The highest BCUT2D eigenvalue weighted by Gasteiger charge is 2.18. The van der Waals surface area contributed by atoms with Crippen molar-refractivity contribution in [1.29, 1.82) is 0 Å². The van der Waals surface area contributed by atoms with Gasteiger partial charge in [-0.15, -0.1) is 0 Å². The molecule has 0 saturated carbocycles. The SMILES string of the molecule is COCCN(CC(C)C)C(=O)c1ccc(OC)c(O)c1. The molecule has 1 N–H and O–H groups in total. The molecule has 0 bridgehead atoms. The van der Waals surface area contributed by atoms with Gasteiger partial charge in [-0.05, 0) is 24.1 Å². The summed E-state index contributed by atoms with van der Waals surface area (Å²) in [5.74, 6) is 0.569. The summed E-state index contributed by atoms with van der Waals surface area (Å²) < 4.78 is 10.0. The third-order valence-electron chi connectivity index (χ3n) is 2.86. The van der Waals surface area contributed by atoms with Crippen LogP contribution < -0.4 is 4.74 Å². The van der Waals surface area contributed by atoms with E-state index < -0.39 is 0 Å². The van der Waals surface area contributed by atoms with Crippen molar-refractivity contribution in [3.63, 3.8) is 0 Å². The van der Waals surface area contributed by atoms with Crippen LogP contribution in [0.5, 0.6) is 11.5 Å². The molecule has 0 radical (unpaired) electrons. The van der Waals surface area contributed by atoms with Gasteiger partial charge in [0.25, 0.3) is 5.91 Å². The van der Waals surface area contributed by atoms with Crippen LogP contribution in [0.15, 0.2) is 18.2 Å². The van der Waals surface area contributed by atoms with Gasteiger partial charge < -0.3 is 19.5 Å². The van der Waals surface area contributed by atoms with Crippen molar-refractivity contribution in [1.82, 2.24) is 4.90 Å². The molecule has 0 fully saturated rings. The average Bonchev–Trinajstić information content (AvgIpc) is 2.42. The lowest BCUT2D eigenvalue weighted by atomic mass is 10.1. The molecule has 0 spiro atoms. The number of amides is 1. The summed E-state index contributed by atoms with van der Waals surface area (Å²) in [4.78, 5) is 14.2. The van der Waals surface area contributed by atoms with E-state index in [2.05, 4.69) is 13.8 Å². The third kappa shape index (κ3) is 4.42. The minimum absolute atomic E-state index is 0.0328. The lowest BCUT2D eigenvalue weighted by Crippen LogP contribution is -2.36. The zero-order valence-electron chi connectivity index (χ0n) is 12.5. The fraction of sp³-hybridized carbons (Fsp3) is 0.533. The molecule has 1 rings (SSSR count). The number of aromatic hydroxyl groups is 1. The molecule has 1 amide bonds. The van der Waals surface area contributed by atoms with Gasteiger partial charge in [-0.3, -0.25) is 4.79 Å². The molecule has 5 nitrogen and oxygen atoms in total.